The van der Waals surface area contributed by atoms with E-state index < -0.39 is 5.41 Å². The van der Waals surface area contributed by atoms with Crippen LogP contribution in [0.4, 0.5) is 0 Å². The lowest BCUT2D eigenvalue weighted by Crippen LogP contribution is -2.33. The summed E-state index contributed by atoms with van der Waals surface area (Å²) in [6.07, 6.45) is 2.03. The van der Waals surface area contributed by atoms with Crippen molar-refractivity contribution < 1.29 is 9.59 Å². The van der Waals surface area contributed by atoms with Crippen LogP contribution in [-0.4, -0.2) is 11.6 Å². The normalized spacial score (nSPS) is 10.5. The highest BCUT2D eigenvalue weighted by atomic mass is 16.2. The summed E-state index contributed by atoms with van der Waals surface area (Å²) in [7, 11) is 0. The zero-order chi connectivity index (χ0) is 14.3. The van der Waals surface area contributed by atoms with Crippen molar-refractivity contribution in [2.24, 2.45) is 5.41 Å². The van der Waals surface area contributed by atoms with Crippen LogP contribution in [0, 0.1) is 17.3 Å². The van der Waals surface area contributed by atoms with Crippen molar-refractivity contribution in [1.29, 1.82) is 0 Å². The van der Waals surface area contributed by atoms with Crippen molar-refractivity contribution in [2.75, 3.05) is 0 Å². The molecular formula is C17H20O2. The molecule has 0 N–H and O–H groups in total. The topological polar surface area (TPSA) is 34.1 Å². The van der Waals surface area contributed by atoms with E-state index in [1.807, 2.05) is 30.3 Å². The average molecular weight is 256 g/mol. The third kappa shape index (κ3) is 4.37. The number of unbranched alkanes of at least 4 members (excludes halogenated alkanes) is 1. The van der Waals surface area contributed by atoms with Crippen molar-refractivity contribution in [3.05, 3.63) is 35.9 Å². The summed E-state index contributed by atoms with van der Waals surface area (Å²) >= 11 is 0. The van der Waals surface area contributed by atoms with Crippen molar-refractivity contribution in [1.82, 2.24) is 0 Å². The zero-order valence-corrected chi connectivity index (χ0v) is 11.8. The van der Waals surface area contributed by atoms with Crippen molar-refractivity contribution >= 4 is 11.6 Å². The molecule has 0 aliphatic rings. The first kappa shape index (κ1) is 15.2. The first-order chi connectivity index (χ1) is 8.97. The second-order valence-electron chi connectivity index (χ2n) is 4.97. The van der Waals surface area contributed by atoms with E-state index in [0.29, 0.717) is 12.8 Å². The van der Waals surface area contributed by atoms with Crippen LogP contribution in [0.15, 0.2) is 30.3 Å². The molecule has 1 rings (SSSR count). The number of Topliss-reactive ketones (excluding diaryl/α,β-unsaturated/α-hetero) is 2. The predicted molar refractivity (Wildman–Crippen MR) is 76.6 cm³/mol. The number of ketones is 2. The van der Waals surface area contributed by atoms with E-state index in [9.17, 15) is 9.59 Å². The molecule has 0 saturated heterocycles. The van der Waals surface area contributed by atoms with Gasteiger partial charge in [-0.05, 0) is 45.7 Å². The van der Waals surface area contributed by atoms with Crippen LogP contribution in [0.25, 0.3) is 0 Å². The minimum Gasteiger partial charge on any atom is -0.299 e. The fraction of sp³-hybridized carbons (Fsp3) is 0.412. The molecule has 0 radical (unpaired) electrons. The fourth-order valence-electron chi connectivity index (χ4n) is 1.82. The minimum atomic E-state index is -0.839. The molecule has 0 aromatic heterocycles. The third-order valence-corrected chi connectivity index (χ3v) is 3.54. The van der Waals surface area contributed by atoms with E-state index in [4.69, 9.17) is 0 Å². The lowest BCUT2D eigenvalue weighted by molar-refractivity contribution is -0.137. The van der Waals surface area contributed by atoms with Crippen LogP contribution in [-0.2, 0) is 9.59 Å². The van der Waals surface area contributed by atoms with Gasteiger partial charge in [0.05, 0.1) is 5.41 Å². The SMILES string of the molecule is CC(=O)C(C)(CCCC#Cc1ccccc1)C(C)=O. The summed E-state index contributed by atoms with van der Waals surface area (Å²) < 4.78 is 0. The molecule has 0 heterocycles. The predicted octanol–water partition coefficient (Wildman–Crippen LogP) is 3.39. The molecule has 1 aromatic rings. The molecule has 100 valence electrons. The average Bonchev–Trinajstić information content (AvgIpc) is 2.38. The maximum absolute atomic E-state index is 11.5. The summed E-state index contributed by atoms with van der Waals surface area (Å²) in [4.78, 5) is 23.1. The molecule has 0 amide bonds. The highest BCUT2D eigenvalue weighted by Crippen LogP contribution is 2.26. The smallest absolute Gasteiger partial charge is 0.143 e. The van der Waals surface area contributed by atoms with Crippen LogP contribution in [0.2, 0.25) is 0 Å². The maximum atomic E-state index is 11.5. The summed E-state index contributed by atoms with van der Waals surface area (Å²) in [6.45, 7) is 4.69. The maximum Gasteiger partial charge on any atom is 0.143 e. The standard InChI is InChI=1S/C17H20O2/c1-14(18)17(3,15(2)19)13-9-5-8-12-16-10-6-4-7-11-16/h4,6-7,10-11H,5,9,13H2,1-3H3. The Morgan fingerprint density at radius 1 is 1.11 bits per heavy atom. The molecular weight excluding hydrogens is 236 g/mol. The Morgan fingerprint density at radius 3 is 2.21 bits per heavy atom. The lowest BCUT2D eigenvalue weighted by atomic mass is 9.78. The second-order valence-corrected chi connectivity index (χ2v) is 4.97. The largest absolute Gasteiger partial charge is 0.299 e. The molecule has 2 heteroatoms. The molecule has 0 atom stereocenters. The number of carbonyl (C=O) groups is 2. The van der Waals surface area contributed by atoms with E-state index in [1.165, 1.54) is 13.8 Å². The van der Waals surface area contributed by atoms with Crippen LogP contribution >= 0.6 is 0 Å². The van der Waals surface area contributed by atoms with E-state index in [0.717, 1.165) is 12.0 Å². The van der Waals surface area contributed by atoms with Gasteiger partial charge in [-0.3, -0.25) is 9.59 Å². The first-order valence-electron chi connectivity index (χ1n) is 6.53. The molecule has 0 aliphatic carbocycles. The molecule has 19 heavy (non-hydrogen) atoms. The summed E-state index contributed by atoms with van der Waals surface area (Å²) in [5.41, 5.74) is 0.150. The van der Waals surface area contributed by atoms with Gasteiger partial charge >= 0.3 is 0 Å². The molecule has 0 fully saturated rings. The van der Waals surface area contributed by atoms with E-state index in [-0.39, 0.29) is 11.6 Å². The van der Waals surface area contributed by atoms with Gasteiger partial charge in [-0.1, -0.05) is 30.0 Å². The van der Waals surface area contributed by atoms with Crippen molar-refractivity contribution in [3.63, 3.8) is 0 Å². The Balaban J connectivity index is 2.49. The first-order valence-corrected chi connectivity index (χ1v) is 6.53. The van der Waals surface area contributed by atoms with Gasteiger partial charge in [-0.2, -0.15) is 0 Å². The van der Waals surface area contributed by atoms with Crippen LogP contribution < -0.4 is 0 Å². The minimum absolute atomic E-state index is 0.0592. The quantitative estimate of drug-likeness (QED) is 0.460. The molecule has 0 aliphatic heterocycles. The Bertz CT molecular complexity index is 489. The Morgan fingerprint density at radius 2 is 1.68 bits per heavy atom. The fourth-order valence-corrected chi connectivity index (χ4v) is 1.82. The third-order valence-electron chi connectivity index (χ3n) is 3.54. The van der Waals surface area contributed by atoms with E-state index >= 15 is 0 Å². The van der Waals surface area contributed by atoms with Gasteiger partial charge in [0.2, 0.25) is 0 Å². The monoisotopic (exact) mass is 256 g/mol. The number of carbonyl (C=O) groups excluding carboxylic acids is 2. The Labute approximate surface area is 115 Å². The van der Waals surface area contributed by atoms with E-state index in [1.54, 1.807) is 6.92 Å². The summed E-state index contributed by atoms with van der Waals surface area (Å²) in [5, 5.41) is 0. The van der Waals surface area contributed by atoms with Gasteiger partial charge in [0.15, 0.2) is 0 Å². The van der Waals surface area contributed by atoms with Gasteiger partial charge < -0.3 is 0 Å². The highest BCUT2D eigenvalue weighted by molar-refractivity contribution is 6.04. The van der Waals surface area contributed by atoms with E-state index in [2.05, 4.69) is 11.8 Å². The molecule has 0 unspecified atom stereocenters. The number of hydrogen-bond acceptors (Lipinski definition) is 2. The van der Waals surface area contributed by atoms with Crippen LogP contribution in [0.3, 0.4) is 0 Å². The second kappa shape index (κ2) is 6.89. The molecule has 0 saturated carbocycles. The van der Waals surface area contributed by atoms with Gasteiger partial charge in [-0.15, -0.1) is 0 Å². The zero-order valence-electron chi connectivity index (χ0n) is 11.8. The van der Waals surface area contributed by atoms with Crippen molar-refractivity contribution in [3.8, 4) is 11.8 Å². The van der Waals surface area contributed by atoms with Crippen LogP contribution in [0.1, 0.15) is 45.6 Å². The summed E-state index contributed by atoms with van der Waals surface area (Å²) in [6, 6.07) is 9.78. The Hall–Kier alpha value is -1.88. The number of rotatable bonds is 5. The van der Waals surface area contributed by atoms with Gasteiger partial charge in [0.1, 0.15) is 11.6 Å². The molecule has 2 nitrogen and oxygen atoms in total. The highest BCUT2D eigenvalue weighted by Gasteiger charge is 2.34. The molecule has 0 spiro atoms. The summed E-state index contributed by atoms with van der Waals surface area (Å²) in [5.74, 6) is 6.03. The lowest BCUT2D eigenvalue weighted by Gasteiger charge is -2.22. The number of hydrogen-bond donors (Lipinski definition) is 0. The molecule has 0 bridgehead atoms. The Kier molecular flexibility index (Phi) is 5.51. The van der Waals surface area contributed by atoms with Gasteiger partial charge in [-0.25, -0.2) is 0 Å². The molecule has 1 aromatic carbocycles. The van der Waals surface area contributed by atoms with Gasteiger partial charge in [0, 0.05) is 12.0 Å². The van der Waals surface area contributed by atoms with Gasteiger partial charge in [0.25, 0.3) is 0 Å². The number of benzene rings is 1. The van der Waals surface area contributed by atoms with Crippen LogP contribution in [0.5, 0.6) is 0 Å². The van der Waals surface area contributed by atoms with Crippen molar-refractivity contribution in [2.45, 2.75) is 40.0 Å².